The van der Waals surface area contributed by atoms with E-state index >= 15 is 0 Å². The van der Waals surface area contributed by atoms with Crippen molar-refractivity contribution in [2.45, 2.75) is 33.7 Å². The van der Waals surface area contributed by atoms with E-state index in [1.807, 2.05) is 0 Å². The molecule has 2 heteroatoms. The zero-order chi connectivity index (χ0) is 14.7. The fourth-order valence-electron chi connectivity index (χ4n) is 2.56. The summed E-state index contributed by atoms with van der Waals surface area (Å²) in [5.41, 5.74) is 6.09. The molecule has 0 aliphatic heterocycles. The maximum absolute atomic E-state index is 5.49. The molecule has 0 saturated heterocycles. The standard InChI is InChI=1S/C18H23NO/c1-12-6-7-17(18(11-12)20-5)15(4)19-16-9-13(2)8-14(3)10-16/h6-11,15,19H,1-5H3. The molecule has 20 heavy (non-hydrogen) atoms. The Morgan fingerprint density at radius 1 is 0.900 bits per heavy atom. The van der Waals surface area contributed by atoms with Crippen molar-refractivity contribution in [1.82, 2.24) is 0 Å². The molecule has 1 unspecified atom stereocenters. The number of nitrogens with one attached hydrogen (secondary N) is 1. The maximum Gasteiger partial charge on any atom is 0.124 e. The number of methoxy groups -OCH3 is 1. The Morgan fingerprint density at radius 3 is 2.15 bits per heavy atom. The lowest BCUT2D eigenvalue weighted by atomic mass is 10.0. The summed E-state index contributed by atoms with van der Waals surface area (Å²) in [7, 11) is 1.72. The van der Waals surface area contributed by atoms with Gasteiger partial charge < -0.3 is 10.1 Å². The van der Waals surface area contributed by atoms with E-state index in [0.29, 0.717) is 0 Å². The molecule has 0 radical (unpaired) electrons. The number of ether oxygens (including phenoxy) is 1. The second kappa shape index (κ2) is 6.00. The van der Waals surface area contributed by atoms with E-state index in [1.54, 1.807) is 7.11 Å². The summed E-state index contributed by atoms with van der Waals surface area (Å²) >= 11 is 0. The first kappa shape index (κ1) is 14.4. The summed E-state index contributed by atoms with van der Waals surface area (Å²) in [6.07, 6.45) is 0. The van der Waals surface area contributed by atoms with E-state index in [1.165, 1.54) is 22.3 Å². The van der Waals surface area contributed by atoms with E-state index in [2.05, 4.69) is 69.4 Å². The first-order chi connectivity index (χ1) is 9.49. The van der Waals surface area contributed by atoms with Gasteiger partial charge in [0.25, 0.3) is 0 Å². The highest BCUT2D eigenvalue weighted by molar-refractivity contribution is 5.51. The average Bonchev–Trinajstić information content (AvgIpc) is 2.37. The molecule has 2 nitrogen and oxygen atoms in total. The largest absolute Gasteiger partial charge is 0.496 e. The molecule has 1 N–H and O–H groups in total. The molecule has 106 valence electrons. The highest BCUT2D eigenvalue weighted by atomic mass is 16.5. The minimum atomic E-state index is 0.201. The Kier molecular flexibility index (Phi) is 4.33. The van der Waals surface area contributed by atoms with E-state index < -0.39 is 0 Å². The van der Waals surface area contributed by atoms with Crippen molar-refractivity contribution in [2.24, 2.45) is 0 Å². The molecule has 0 aliphatic rings. The molecule has 0 aromatic heterocycles. The molecule has 0 bridgehead atoms. The van der Waals surface area contributed by atoms with E-state index in [0.717, 1.165) is 11.4 Å². The van der Waals surface area contributed by atoms with Gasteiger partial charge in [-0.1, -0.05) is 18.2 Å². The van der Waals surface area contributed by atoms with E-state index in [4.69, 9.17) is 4.74 Å². The number of anilines is 1. The fourth-order valence-corrected chi connectivity index (χ4v) is 2.56. The topological polar surface area (TPSA) is 21.3 Å². The van der Waals surface area contributed by atoms with Crippen LogP contribution in [0.5, 0.6) is 5.75 Å². The van der Waals surface area contributed by atoms with Crippen LogP contribution in [0.2, 0.25) is 0 Å². The monoisotopic (exact) mass is 269 g/mol. The van der Waals surface area contributed by atoms with Gasteiger partial charge in [-0.3, -0.25) is 0 Å². The van der Waals surface area contributed by atoms with Crippen molar-refractivity contribution in [3.05, 3.63) is 58.7 Å². The van der Waals surface area contributed by atoms with Crippen molar-refractivity contribution in [1.29, 1.82) is 0 Å². The highest BCUT2D eigenvalue weighted by Gasteiger charge is 2.11. The van der Waals surface area contributed by atoms with Crippen molar-refractivity contribution in [3.8, 4) is 5.75 Å². The zero-order valence-corrected chi connectivity index (χ0v) is 12.9. The molecule has 0 heterocycles. The van der Waals surface area contributed by atoms with Crippen molar-refractivity contribution in [2.75, 3.05) is 12.4 Å². The molecular formula is C18H23NO. The van der Waals surface area contributed by atoms with Crippen LogP contribution in [0.25, 0.3) is 0 Å². The summed E-state index contributed by atoms with van der Waals surface area (Å²) in [5, 5.41) is 3.55. The number of hydrogen-bond donors (Lipinski definition) is 1. The van der Waals surface area contributed by atoms with Crippen LogP contribution in [-0.4, -0.2) is 7.11 Å². The Labute approximate surface area is 121 Å². The number of aryl methyl sites for hydroxylation is 3. The second-order valence-corrected chi connectivity index (χ2v) is 5.49. The van der Waals surface area contributed by atoms with Gasteiger partial charge in [0.05, 0.1) is 13.2 Å². The van der Waals surface area contributed by atoms with Gasteiger partial charge in [0.2, 0.25) is 0 Å². The summed E-state index contributed by atoms with van der Waals surface area (Å²) in [6.45, 7) is 8.48. The first-order valence-corrected chi connectivity index (χ1v) is 6.99. The van der Waals surface area contributed by atoms with Crippen LogP contribution in [0.15, 0.2) is 36.4 Å². The minimum absolute atomic E-state index is 0.201. The smallest absolute Gasteiger partial charge is 0.124 e. The molecule has 2 aromatic carbocycles. The van der Waals surface area contributed by atoms with Crippen LogP contribution in [0, 0.1) is 20.8 Å². The Bertz CT molecular complexity index is 584. The Hall–Kier alpha value is -1.96. The molecule has 2 aromatic rings. The molecule has 1 atom stereocenters. The molecule has 2 rings (SSSR count). The zero-order valence-electron chi connectivity index (χ0n) is 12.9. The summed E-state index contributed by atoms with van der Waals surface area (Å²) < 4.78 is 5.49. The summed E-state index contributed by atoms with van der Waals surface area (Å²) in [4.78, 5) is 0. The molecule has 0 aliphatic carbocycles. The lowest BCUT2D eigenvalue weighted by Crippen LogP contribution is -2.08. The van der Waals surface area contributed by atoms with Gasteiger partial charge in [-0.15, -0.1) is 0 Å². The van der Waals surface area contributed by atoms with Crippen LogP contribution in [0.3, 0.4) is 0 Å². The quantitative estimate of drug-likeness (QED) is 0.861. The molecular weight excluding hydrogens is 246 g/mol. The number of rotatable bonds is 4. The lowest BCUT2D eigenvalue weighted by Gasteiger charge is -2.19. The molecule has 0 saturated carbocycles. The summed E-state index contributed by atoms with van der Waals surface area (Å²) in [6, 6.07) is 13.1. The lowest BCUT2D eigenvalue weighted by molar-refractivity contribution is 0.407. The van der Waals surface area contributed by atoms with Crippen molar-refractivity contribution >= 4 is 5.69 Å². The minimum Gasteiger partial charge on any atom is -0.496 e. The van der Waals surface area contributed by atoms with Crippen molar-refractivity contribution in [3.63, 3.8) is 0 Å². The third-order valence-corrected chi connectivity index (χ3v) is 3.46. The third kappa shape index (κ3) is 3.32. The first-order valence-electron chi connectivity index (χ1n) is 6.99. The van der Waals surface area contributed by atoms with Gasteiger partial charge in [0.15, 0.2) is 0 Å². The predicted molar refractivity (Wildman–Crippen MR) is 85.7 cm³/mol. The maximum atomic E-state index is 5.49. The number of hydrogen-bond acceptors (Lipinski definition) is 2. The van der Waals surface area contributed by atoms with Gasteiger partial charge in [-0.2, -0.15) is 0 Å². The van der Waals surface area contributed by atoms with Gasteiger partial charge in [-0.05, 0) is 62.6 Å². The van der Waals surface area contributed by atoms with E-state index in [9.17, 15) is 0 Å². The van der Waals surface area contributed by atoms with Crippen LogP contribution in [-0.2, 0) is 0 Å². The SMILES string of the molecule is COc1cc(C)ccc1C(C)Nc1cc(C)cc(C)c1. The van der Waals surface area contributed by atoms with Crippen LogP contribution in [0.4, 0.5) is 5.69 Å². The number of benzene rings is 2. The Balaban J connectivity index is 2.25. The third-order valence-electron chi connectivity index (χ3n) is 3.46. The highest BCUT2D eigenvalue weighted by Crippen LogP contribution is 2.29. The molecule has 0 amide bonds. The van der Waals surface area contributed by atoms with Gasteiger partial charge in [0.1, 0.15) is 5.75 Å². The predicted octanol–water partition coefficient (Wildman–Crippen LogP) is 4.79. The van der Waals surface area contributed by atoms with Crippen LogP contribution in [0.1, 0.15) is 35.2 Å². The molecule has 0 spiro atoms. The van der Waals surface area contributed by atoms with Crippen molar-refractivity contribution < 1.29 is 4.74 Å². The van der Waals surface area contributed by atoms with Gasteiger partial charge >= 0.3 is 0 Å². The Morgan fingerprint density at radius 2 is 1.55 bits per heavy atom. The normalized spacial score (nSPS) is 12.1. The second-order valence-electron chi connectivity index (χ2n) is 5.49. The van der Waals surface area contributed by atoms with Crippen LogP contribution < -0.4 is 10.1 Å². The van der Waals surface area contributed by atoms with Gasteiger partial charge in [-0.25, -0.2) is 0 Å². The summed E-state index contributed by atoms with van der Waals surface area (Å²) in [5.74, 6) is 0.939. The van der Waals surface area contributed by atoms with Gasteiger partial charge in [0, 0.05) is 11.3 Å². The van der Waals surface area contributed by atoms with Crippen LogP contribution >= 0.6 is 0 Å². The van der Waals surface area contributed by atoms with E-state index in [-0.39, 0.29) is 6.04 Å². The molecule has 0 fully saturated rings. The fraction of sp³-hybridized carbons (Fsp3) is 0.333. The average molecular weight is 269 g/mol.